The summed E-state index contributed by atoms with van der Waals surface area (Å²) in [5.74, 6) is 0. The van der Waals surface area contributed by atoms with Crippen molar-refractivity contribution >= 4 is 33.4 Å². The number of benzene rings is 2. The quantitative estimate of drug-likeness (QED) is 0.823. The average Bonchev–Trinajstić information content (AvgIpc) is 2.38. The van der Waals surface area contributed by atoms with Crippen molar-refractivity contribution in [2.75, 3.05) is 5.32 Å². The molecule has 3 heteroatoms. The molecule has 1 N–H and O–H groups in total. The second-order valence-corrected chi connectivity index (χ2v) is 6.53. The molecule has 0 aromatic heterocycles. The third-order valence-corrected chi connectivity index (χ3v) is 4.38. The second kappa shape index (κ2) is 5.25. The lowest BCUT2D eigenvalue weighted by Gasteiger charge is -2.23. The van der Waals surface area contributed by atoms with Crippen molar-refractivity contribution in [2.45, 2.75) is 31.6 Å². The maximum atomic E-state index is 4.70. The molecule has 3 rings (SSSR count). The van der Waals surface area contributed by atoms with Crippen molar-refractivity contribution in [3.05, 3.63) is 42.5 Å². The van der Waals surface area contributed by atoms with Gasteiger partial charge in [-0.15, -0.1) is 0 Å². The number of aliphatic imine (C=N–C) groups is 1. The summed E-state index contributed by atoms with van der Waals surface area (Å²) in [6.07, 6.45) is 1.16. The van der Waals surface area contributed by atoms with Gasteiger partial charge in [0.1, 0.15) is 0 Å². The SMILES string of the molecule is CC1CC(C)SC(Nc2cccc3ccccc23)=N1. The van der Waals surface area contributed by atoms with Crippen molar-refractivity contribution in [2.24, 2.45) is 4.99 Å². The van der Waals surface area contributed by atoms with E-state index in [2.05, 4.69) is 61.6 Å². The molecular weight excluding hydrogens is 252 g/mol. The van der Waals surface area contributed by atoms with E-state index in [1.54, 1.807) is 0 Å². The summed E-state index contributed by atoms with van der Waals surface area (Å²) in [5.41, 5.74) is 1.14. The van der Waals surface area contributed by atoms with E-state index in [-0.39, 0.29) is 0 Å². The van der Waals surface area contributed by atoms with Crippen LogP contribution in [-0.2, 0) is 0 Å². The molecule has 0 aliphatic carbocycles. The minimum atomic E-state index is 0.411. The highest BCUT2D eigenvalue weighted by Gasteiger charge is 2.18. The monoisotopic (exact) mass is 270 g/mol. The Labute approximate surface area is 118 Å². The van der Waals surface area contributed by atoms with Gasteiger partial charge in [0.25, 0.3) is 0 Å². The van der Waals surface area contributed by atoms with Crippen LogP contribution < -0.4 is 5.32 Å². The molecule has 0 bridgehead atoms. The summed E-state index contributed by atoms with van der Waals surface area (Å²) < 4.78 is 0. The molecule has 2 unspecified atom stereocenters. The first-order valence-electron chi connectivity index (χ1n) is 6.71. The first-order chi connectivity index (χ1) is 9.22. The first kappa shape index (κ1) is 12.5. The van der Waals surface area contributed by atoms with E-state index >= 15 is 0 Å². The van der Waals surface area contributed by atoms with Crippen LogP contribution in [0, 0.1) is 0 Å². The third kappa shape index (κ3) is 2.76. The number of nitrogens with one attached hydrogen (secondary N) is 1. The summed E-state index contributed by atoms with van der Waals surface area (Å²) in [5, 5.41) is 7.68. The lowest BCUT2D eigenvalue weighted by molar-refractivity contribution is 0.661. The van der Waals surface area contributed by atoms with Crippen LogP contribution in [0.1, 0.15) is 20.3 Å². The van der Waals surface area contributed by atoms with Crippen LogP contribution in [0.5, 0.6) is 0 Å². The zero-order valence-corrected chi connectivity index (χ0v) is 12.1. The van der Waals surface area contributed by atoms with E-state index in [9.17, 15) is 0 Å². The molecule has 2 aromatic carbocycles. The normalized spacial score (nSPS) is 23.2. The molecule has 0 fully saturated rings. The Bertz CT molecular complexity index is 616. The van der Waals surface area contributed by atoms with Gasteiger partial charge in [0, 0.05) is 16.3 Å². The number of anilines is 1. The van der Waals surface area contributed by atoms with Crippen molar-refractivity contribution < 1.29 is 0 Å². The molecule has 1 aliphatic heterocycles. The topological polar surface area (TPSA) is 24.4 Å². The first-order valence-corrected chi connectivity index (χ1v) is 7.59. The van der Waals surface area contributed by atoms with Gasteiger partial charge in [-0.3, -0.25) is 4.99 Å². The summed E-state index contributed by atoms with van der Waals surface area (Å²) >= 11 is 1.83. The Hall–Kier alpha value is -1.48. The van der Waals surface area contributed by atoms with Crippen LogP contribution in [0.15, 0.2) is 47.5 Å². The van der Waals surface area contributed by atoms with E-state index in [0.717, 1.165) is 17.3 Å². The van der Waals surface area contributed by atoms with Gasteiger partial charge in [0.2, 0.25) is 0 Å². The Morgan fingerprint density at radius 1 is 1.11 bits per heavy atom. The Morgan fingerprint density at radius 3 is 2.74 bits per heavy atom. The van der Waals surface area contributed by atoms with Gasteiger partial charge < -0.3 is 5.32 Å². The summed E-state index contributed by atoms with van der Waals surface area (Å²) in [4.78, 5) is 4.70. The minimum Gasteiger partial charge on any atom is -0.334 e. The van der Waals surface area contributed by atoms with Crippen LogP contribution in [0.3, 0.4) is 0 Å². The molecule has 1 aliphatic rings. The molecule has 2 aromatic rings. The standard InChI is InChI=1S/C16H18N2S/c1-11-10-12(2)19-16(17-11)18-15-9-5-7-13-6-3-4-8-14(13)15/h3-9,11-12H,10H2,1-2H3,(H,17,18). The predicted molar refractivity (Wildman–Crippen MR) is 86.1 cm³/mol. The fourth-order valence-corrected chi connectivity index (χ4v) is 3.68. The number of rotatable bonds is 1. The molecular formula is C16H18N2S. The molecule has 0 spiro atoms. The number of fused-ring (bicyclic) bond motifs is 1. The highest BCUT2D eigenvalue weighted by Crippen LogP contribution is 2.28. The number of thioether (sulfide) groups is 1. The minimum absolute atomic E-state index is 0.411. The lowest BCUT2D eigenvalue weighted by atomic mass is 10.1. The Kier molecular flexibility index (Phi) is 3.47. The number of hydrogen-bond donors (Lipinski definition) is 1. The second-order valence-electron chi connectivity index (χ2n) is 5.10. The zero-order valence-electron chi connectivity index (χ0n) is 11.3. The largest absolute Gasteiger partial charge is 0.334 e. The molecule has 0 amide bonds. The molecule has 1 heterocycles. The Morgan fingerprint density at radius 2 is 1.89 bits per heavy atom. The summed E-state index contributed by atoms with van der Waals surface area (Å²) in [6.45, 7) is 4.45. The van der Waals surface area contributed by atoms with Gasteiger partial charge in [-0.1, -0.05) is 55.1 Å². The highest BCUT2D eigenvalue weighted by atomic mass is 32.2. The highest BCUT2D eigenvalue weighted by molar-refractivity contribution is 8.14. The lowest BCUT2D eigenvalue weighted by Crippen LogP contribution is -2.22. The van der Waals surface area contributed by atoms with Crippen LogP contribution >= 0.6 is 11.8 Å². The van der Waals surface area contributed by atoms with Crippen molar-refractivity contribution in [1.29, 1.82) is 0 Å². The molecule has 0 saturated heterocycles. The van der Waals surface area contributed by atoms with E-state index in [1.165, 1.54) is 10.8 Å². The maximum Gasteiger partial charge on any atom is 0.161 e. The smallest absolute Gasteiger partial charge is 0.161 e. The Balaban J connectivity index is 1.93. The van der Waals surface area contributed by atoms with Gasteiger partial charge >= 0.3 is 0 Å². The molecule has 19 heavy (non-hydrogen) atoms. The van der Waals surface area contributed by atoms with Gasteiger partial charge in [-0.2, -0.15) is 0 Å². The van der Waals surface area contributed by atoms with Crippen LogP contribution in [0.25, 0.3) is 10.8 Å². The van der Waals surface area contributed by atoms with Gasteiger partial charge in [-0.25, -0.2) is 0 Å². The van der Waals surface area contributed by atoms with Gasteiger partial charge in [0.05, 0.1) is 6.04 Å². The van der Waals surface area contributed by atoms with Gasteiger partial charge in [-0.05, 0) is 24.8 Å². The third-order valence-electron chi connectivity index (χ3n) is 3.35. The maximum absolute atomic E-state index is 4.70. The van der Waals surface area contributed by atoms with Gasteiger partial charge in [0.15, 0.2) is 5.17 Å². The fourth-order valence-electron chi connectivity index (χ4n) is 2.51. The average molecular weight is 270 g/mol. The van der Waals surface area contributed by atoms with Crippen LogP contribution in [-0.4, -0.2) is 16.5 Å². The number of amidine groups is 1. The summed E-state index contributed by atoms with van der Waals surface area (Å²) in [6, 6.07) is 15.2. The van der Waals surface area contributed by atoms with E-state index < -0.39 is 0 Å². The van der Waals surface area contributed by atoms with Crippen molar-refractivity contribution in [3.8, 4) is 0 Å². The molecule has 2 nitrogen and oxygen atoms in total. The fraction of sp³-hybridized carbons (Fsp3) is 0.312. The van der Waals surface area contributed by atoms with E-state index in [4.69, 9.17) is 4.99 Å². The number of hydrogen-bond acceptors (Lipinski definition) is 3. The number of nitrogens with zero attached hydrogens (tertiary/aromatic N) is 1. The predicted octanol–water partition coefficient (Wildman–Crippen LogP) is 4.52. The van der Waals surface area contributed by atoms with Crippen molar-refractivity contribution in [3.63, 3.8) is 0 Å². The van der Waals surface area contributed by atoms with Crippen molar-refractivity contribution in [1.82, 2.24) is 0 Å². The van der Waals surface area contributed by atoms with Crippen LogP contribution in [0.4, 0.5) is 5.69 Å². The molecule has 2 atom stereocenters. The van der Waals surface area contributed by atoms with E-state index in [0.29, 0.717) is 11.3 Å². The van der Waals surface area contributed by atoms with E-state index in [1.807, 2.05) is 11.8 Å². The van der Waals surface area contributed by atoms with Crippen LogP contribution in [0.2, 0.25) is 0 Å². The summed E-state index contributed by atoms with van der Waals surface area (Å²) in [7, 11) is 0. The molecule has 98 valence electrons. The zero-order chi connectivity index (χ0) is 13.2. The molecule has 0 saturated carbocycles. The molecule has 0 radical (unpaired) electrons.